The summed E-state index contributed by atoms with van der Waals surface area (Å²) in [4.78, 5) is 12.7. The molecule has 4 rings (SSSR count). The van der Waals surface area contributed by atoms with E-state index in [0.29, 0.717) is 16.4 Å². The van der Waals surface area contributed by atoms with Crippen LogP contribution in [0.5, 0.6) is 5.88 Å². The van der Waals surface area contributed by atoms with Crippen LogP contribution >= 0.6 is 11.6 Å². The number of nitrogens with zero attached hydrogens (tertiary/aromatic N) is 4. The number of hydrogen-bond acceptors (Lipinski definition) is 4. The molecule has 0 saturated heterocycles. The molecule has 145 valence electrons. The minimum Gasteiger partial charge on any atom is -0.479 e. The summed E-state index contributed by atoms with van der Waals surface area (Å²) in [5, 5.41) is 5.18. The maximum Gasteiger partial charge on any atom is 0.242 e. The number of rotatable bonds is 3. The Morgan fingerprint density at radius 3 is 2.45 bits per heavy atom. The quantitative estimate of drug-likeness (QED) is 0.484. The first-order valence-corrected chi connectivity index (χ1v) is 9.42. The van der Waals surface area contributed by atoms with Gasteiger partial charge in [-0.3, -0.25) is 4.68 Å². The van der Waals surface area contributed by atoms with Crippen molar-refractivity contribution < 1.29 is 4.74 Å². The molecular formula is C21H22ClN5NaO. The van der Waals surface area contributed by atoms with Crippen LogP contribution in [0, 0.1) is 6.92 Å². The maximum atomic E-state index is 6.36. The van der Waals surface area contributed by atoms with E-state index in [0.717, 1.165) is 33.9 Å². The smallest absolute Gasteiger partial charge is 0.242 e. The van der Waals surface area contributed by atoms with Gasteiger partial charge in [0.15, 0.2) is 5.52 Å². The van der Waals surface area contributed by atoms with E-state index in [2.05, 4.69) is 35.8 Å². The normalized spacial score (nSPS) is 11.5. The molecule has 4 aromatic rings. The second kappa shape index (κ2) is 8.11. The van der Waals surface area contributed by atoms with Gasteiger partial charge in [0.1, 0.15) is 5.82 Å². The molecule has 0 unspecified atom stereocenters. The van der Waals surface area contributed by atoms with Gasteiger partial charge >= 0.3 is 0 Å². The first-order valence-electron chi connectivity index (χ1n) is 9.04. The summed E-state index contributed by atoms with van der Waals surface area (Å²) in [6, 6.07) is 9.55. The van der Waals surface area contributed by atoms with Crippen LogP contribution < -0.4 is 4.74 Å². The summed E-state index contributed by atoms with van der Waals surface area (Å²) in [6.07, 6.45) is 1.84. The number of benzene rings is 1. The van der Waals surface area contributed by atoms with E-state index in [9.17, 15) is 0 Å². The van der Waals surface area contributed by atoms with Gasteiger partial charge in [-0.2, -0.15) is 5.10 Å². The summed E-state index contributed by atoms with van der Waals surface area (Å²) in [7, 11) is 1.59. The van der Waals surface area contributed by atoms with Crippen molar-refractivity contribution in [2.45, 2.75) is 33.2 Å². The summed E-state index contributed by atoms with van der Waals surface area (Å²) in [5.74, 6) is 1.19. The molecule has 0 aliphatic rings. The van der Waals surface area contributed by atoms with E-state index in [1.807, 2.05) is 48.1 Å². The van der Waals surface area contributed by atoms with E-state index < -0.39 is 0 Å². The van der Waals surface area contributed by atoms with E-state index in [1.54, 1.807) is 7.11 Å². The van der Waals surface area contributed by atoms with Gasteiger partial charge < -0.3 is 9.72 Å². The zero-order valence-corrected chi connectivity index (χ0v) is 20.3. The molecule has 0 bridgehead atoms. The fourth-order valence-corrected chi connectivity index (χ4v) is 3.61. The van der Waals surface area contributed by atoms with Crippen LogP contribution in [0.4, 0.5) is 0 Å². The van der Waals surface area contributed by atoms with Gasteiger partial charge in [0.05, 0.1) is 35.6 Å². The van der Waals surface area contributed by atoms with Gasteiger partial charge in [-0.05, 0) is 39.8 Å². The van der Waals surface area contributed by atoms with Crippen LogP contribution in [-0.4, -0.2) is 61.4 Å². The number of aromatic nitrogens is 5. The molecule has 0 atom stereocenters. The number of halogens is 1. The van der Waals surface area contributed by atoms with Gasteiger partial charge in [0.25, 0.3) is 0 Å². The molecule has 0 amide bonds. The van der Waals surface area contributed by atoms with Crippen LogP contribution in [0.2, 0.25) is 5.02 Å². The molecule has 0 spiro atoms. The number of methoxy groups -OCH3 is 1. The Labute approximate surface area is 197 Å². The number of pyridine rings is 1. The SMILES string of the molecule is COc1nc(-c2ccccc2Cl)cc2[nH]c(-c3cnn(C(C)(C)C)c3C)nc12.[Na]. The molecule has 8 heteroatoms. The van der Waals surface area contributed by atoms with Crippen LogP contribution in [-0.2, 0) is 5.54 Å². The van der Waals surface area contributed by atoms with Crippen LogP contribution in [0.25, 0.3) is 33.7 Å². The topological polar surface area (TPSA) is 68.6 Å². The number of H-pyrrole nitrogens is 1. The number of imidazole rings is 1. The van der Waals surface area contributed by atoms with Crippen LogP contribution in [0.15, 0.2) is 36.5 Å². The van der Waals surface area contributed by atoms with E-state index in [-0.39, 0.29) is 35.1 Å². The van der Waals surface area contributed by atoms with Gasteiger partial charge in [-0.1, -0.05) is 29.8 Å². The van der Waals surface area contributed by atoms with Crippen LogP contribution in [0.3, 0.4) is 0 Å². The second-order valence-corrected chi connectivity index (χ2v) is 8.11. The number of nitrogens with one attached hydrogen (secondary N) is 1. The van der Waals surface area contributed by atoms with Crippen molar-refractivity contribution in [3.05, 3.63) is 47.2 Å². The third kappa shape index (κ3) is 3.94. The van der Waals surface area contributed by atoms with Crippen molar-refractivity contribution in [3.63, 3.8) is 0 Å². The molecule has 3 heterocycles. The van der Waals surface area contributed by atoms with Crippen LogP contribution in [0.1, 0.15) is 26.5 Å². The molecule has 0 aliphatic heterocycles. The standard InChI is InChI=1S/C21H22ClN5O.Na/c1-12-14(11-23-27(12)21(2,3)4)19-24-17-10-16(13-8-6-7-9-15(13)22)25-20(28-5)18(17)26-19;/h6-11H,1-5H3,(H,24,26);. The Balaban J connectivity index is 0.00000240. The largest absolute Gasteiger partial charge is 0.479 e. The van der Waals surface area contributed by atoms with Crippen molar-refractivity contribution in [2.24, 2.45) is 0 Å². The third-order valence-corrected chi connectivity index (χ3v) is 5.01. The summed E-state index contributed by atoms with van der Waals surface area (Å²) in [5.41, 5.74) is 4.97. The van der Waals surface area contributed by atoms with Gasteiger partial charge in [0.2, 0.25) is 5.88 Å². The predicted octanol–water partition coefficient (Wildman–Crippen LogP) is 4.83. The Hall–Kier alpha value is -1.86. The number of ether oxygens (including phenoxy) is 1. The number of hydrogen-bond donors (Lipinski definition) is 1. The third-order valence-electron chi connectivity index (χ3n) is 4.68. The average molecular weight is 419 g/mol. The molecule has 1 N–H and O–H groups in total. The monoisotopic (exact) mass is 418 g/mol. The fourth-order valence-electron chi connectivity index (χ4n) is 3.38. The number of aromatic amines is 1. The van der Waals surface area contributed by atoms with Gasteiger partial charge in [-0.25, -0.2) is 9.97 Å². The summed E-state index contributed by atoms with van der Waals surface area (Å²) >= 11 is 6.36. The molecule has 0 saturated carbocycles. The van der Waals surface area contributed by atoms with Crippen molar-refractivity contribution >= 4 is 52.2 Å². The van der Waals surface area contributed by atoms with Crippen molar-refractivity contribution in [1.82, 2.24) is 24.7 Å². The molecule has 0 fully saturated rings. The first-order chi connectivity index (χ1) is 13.3. The first kappa shape index (κ1) is 21.8. The van der Waals surface area contributed by atoms with E-state index >= 15 is 0 Å². The molecule has 0 aliphatic carbocycles. The Morgan fingerprint density at radius 1 is 1.10 bits per heavy atom. The molecular weight excluding hydrogens is 397 g/mol. The summed E-state index contributed by atoms with van der Waals surface area (Å²) < 4.78 is 7.51. The van der Waals surface area contributed by atoms with E-state index in [4.69, 9.17) is 21.3 Å². The summed E-state index contributed by atoms with van der Waals surface area (Å²) in [6.45, 7) is 8.42. The fraction of sp³-hybridized carbons (Fsp3) is 0.286. The molecule has 3 aromatic heterocycles. The molecule has 29 heavy (non-hydrogen) atoms. The average Bonchev–Trinajstić information content (AvgIpc) is 3.23. The molecule has 1 radical (unpaired) electrons. The zero-order valence-electron chi connectivity index (χ0n) is 17.5. The maximum absolute atomic E-state index is 6.36. The minimum atomic E-state index is -0.106. The van der Waals surface area contributed by atoms with E-state index in [1.165, 1.54) is 0 Å². The second-order valence-electron chi connectivity index (χ2n) is 7.70. The Morgan fingerprint density at radius 2 is 1.83 bits per heavy atom. The van der Waals surface area contributed by atoms with Gasteiger partial charge in [0, 0.05) is 45.8 Å². The van der Waals surface area contributed by atoms with Crippen molar-refractivity contribution in [3.8, 4) is 28.5 Å². The Kier molecular flexibility index (Phi) is 6.11. The minimum absolute atomic E-state index is 0. The molecule has 6 nitrogen and oxygen atoms in total. The van der Waals surface area contributed by atoms with Crippen molar-refractivity contribution in [1.29, 1.82) is 0 Å². The molecule has 1 aromatic carbocycles. The zero-order chi connectivity index (χ0) is 20.1. The van der Waals surface area contributed by atoms with Crippen molar-refractivity contribution in [2.75, 3.05) is 7.11 Å². The Bertz CT molecular complexity index is 1180. The predicted molar refractivity (Wildman–Crippen MR) is 118 cm³/mol. The number of fused-ring (bicyclic) bond motifs is 1. The van der Waals surface area contributed by atoms with Gasteiger partial charge in [-0.15, -0.1) is 0 Å².